The van der Waals surface area contributed by atoms with Crippen molar-refractivity contribution in [2.75, 3.05) is 26.2 Å². The van der Waals surface area contributed by atoms with Crippen molar-refractivity contribution in [3.05, 3.63) is 82.8 Å². The number of fused-ring (bicyclic) bond motifs is 3. The van der Waals surface area contributed by atoms with E-state index in [2.05, 4.69) is 45.1 Å². The average Bonchev–Trinajstić information content (AvgIpc) is 3.41. The Morgan fingerprint density at radius 1 is 1.09 bits per heavy atom. The lowest BCUT2D eigenvalue weighted by Gasteiger charge is -2.40. The van der Waals surface area contributed by atoms with E-state index >= 15 is 0 Å². The second-order valence-electron chi connectivity index (χ2n) is 8.84. The van der Waals surface area contributed by atoms with Crippen LogP contribution in [0.3, 0.4) is 0 Å². The second-order valence-corrected chi connectivity index (χ2v) is 10.1. The normalized spacial score (nSPS) is 25.1. The van der Waals surface area contributed by atoms with Crippen LogP contribution in [0.4, 0.5) is 0 Å². The Labute approximate surface area is 192 Å². The van der Waals surface area contributed by atoms with E-state index in [1.165, 1.54) is 24.1 Å². The second kappa shape index (κ2) is 7.87. The van der Waals surface area contributed by atoms with Gasteiger partial charge in [-0.15, -0.1) is 11.3 Å². The number of benzene rings is 1. The van der Waals surface area contributed by atoms with E-state index in [0.717, 1.165) is 52.7 Å². The van der Waals surface area contributed by atoms with Crippen LogP contribution in [-0.2, 0) is 4.79 Å². The monoisotopic (exact) mass is 442 g/mol. The van der Waals surface area contributed by atoms with E-state index in [1.54, 1.807) is 22.3 Å². The first kappa shape index (κ1) is 19.7. The molecule has 32 heavy (non-hydrogen) atoms. The van der Waals surface area contributed by atoms with Gasteiger partial charge in [0, 0.05) is 43.6 Å². The summed E-state index contributed by atoms with van der Waals surface area (Å²) in [6.45, 7) is 6.43. The summed E-state index contributed by atoms with van der Waals surface area (Å²) in [6, 6.07) is 6.90. The van der Waals surface area contributed by atoms with Gasteiger partial charge in [-0.2, -0.15) is 0 Å². The molecule has 5 heterocycles. The first-order valence-electron chi connectivity index (χ1n) is 11.3. The standard InChI is InChI=1S/C26H26N4OS/c1-18-27-24-14-20(7-10-25(24)32-18)19-4-2-5-21-8-9-23(17-30(21)26(31)15-19)29-13-12-28-11-3-6-22(28)16-29/h2,4-5,7-10,14-15,17,22H,3,6,11-13,16H2,1H3/b4-2?,19-15?,21-5+/t22-/m0/s1. The zero-order chi connectivity index (χ0) is 21.7. The number of hydrogen-bond acceptors (Lipinski definition) is 5. The summed E-state index contributed by atoms with van der Waals surface area (Å²) in [4.78, 5) is 24.8. The highest BCUT2D eigenvalue weighted by molar-refractivity contribution is 7.18. The number of carbonyl (C=O) groups excluding carboxylic acids is 1. The van der Waals surface area contributed by atoms with Crippen LogP contribution in [0.25, 0.3) is 15.8 Å². The van der Waals surface area contributed by atoms with E-state index in [1.807, 2.05) is 31.4 Å². The quantitative estimate of drug-likeness (QED) is 0.688. The van der Waals surface area contributed by atoms with Crippen LogP contribution in [0, 0.1) is 6.92 Å². The number of aromatic nitrogens is 1. The number of thiazole rings is 1. The molecule has 2 fully saturated rings. The Balaban J connectivity index is 1.29. The SMILES string of the molecule is Cc1nc2cc(C3=CC(=O)N4C=C(N5CCN6CCC[C@H]6C5)C=C/C4=C\C=C3)ccc2s1. The summed E-state index contributed by atoms with van der Waals surface area (Å²) in [6.07, 6.45) is 16.6. The Kier molecular flexibility index (Phi) is 4.85. The molecular weight excluding hydrogens is 416 g/mol. The van der Waals surface area contributed by atoms with Gasteiger partial charge in [0.05, 0.1) is 20.9 Å². The number of piperazine rings is 1. The molecule has 0 bridgehead atoms. The fourth-order valence-electron chi connectivity index (χ4n) is 5.14. The minimum absolute atomic E-state index is 0.0218. The highest BCUT2D eigenvalue weighted by atomic mass is 32.1. The van der Waals surface area contributed by atoms with Crippen molar-refractivity contribution in [3.8, 4) is 0 Å². The zero-order valence-electron chi connectivity index (χ0n) is 18.2. The van der Waals surface area contributed by atoms with E-state index < -0.39 is 0 Å². The van der Waals surface area contributed by atoms with Crippen LogP contribution in [-0.4, -0.2) is 57.8 Å². The summed E-state index contributed by atoms with van der Waals surface area (Å²) >= 11 is 1.69. The van der Waals surface area contributed by atoms with Gasteiger partial charge < -0.3 is 4.90 Å². The summed E-state index contributed by atoms with van der Waals surface area (Å²) in [5, 5.41) is 1.05. The maximum absolute atomic E-state index is 13.3. The molecule has 0 unspecified atom stereocenters. The van der Waals surface area contributed by atoms with Crippen LogP contribution in [0.1, 0.15) is 23.4 Å². The van der Waals surface area contributed by atoms with Crippen molar-refractivity contribution >= 4 is 33.0 Å². The topological polar surface area (TPSA) is 39.7 Å². The lowest BCUT2D eigenvalue weighted by Crippen LogP contribution is -2.49. The predicted octanol–water partition coefficient (Wildman–Crippen LogP) is 4.46. The Morgan fingerprint density at radius 2 is 2.00 bits per heavy atom. The number of nitrogens with zero attached hydrogens (tertiary/aromatic N) is 4. The number of carbonyl (C=O) groups is 1. The van der Waals surface area contributed by atoms with Crippen LogP contribution in [0.2, 0.25) is 0 Å². The van der Waals surface area contributed by atoms with Gasteiger partial charge in [0.1, 0.15) is 0 Å². The van der Waals surface area contributed by atoms with Crippen LogP contribution in [0.5, 0.6) is 0 Å². The van der Waals surface area contributed by atoms with E-state index in [9.17, 15) is 4.79 Å². The third kappa shape index (κ3) is 3.53. The van der Waals surface area contributed by atoms with E-state index in [-0.39, 0.29) is 5.91 Å². The molecule has 0 radical (unpaired) electrons. The van der Waals surface area contributed by atoms with Gasteiger partial charge in [-0.05, 0) is 67.8 Å². The van der Waals surface area contributed by atoms with Gasteiger partial charge in [-0.3, -0.25) is 14.6 Å². The molecule has 5 nitrogen and oxygen atoms in total. The molecule has 0 spiro atoms. The van der Waals surface area contributed by atoms with Crippen molar-refractivity contribution < 1.29 is 4.79 Å². The molecule has 6 heteroatoms. The van der Waals surface area contributed by atoms with Gasteiger partial charge in [-0.1, -0.05) is 18.2 Å². The number of rotatable bonds is 2. The molecule has 4 aliphatic rings. The molecule has 4 aliphatic heterocycles. The van der Waals surface area contributed by atoms with Crippen molar-refractivity contribution in [3.63, 3.8) is 0 Å². The number of allylic oxidation sites excluding steroid dienone is 6. The molecule has 1 atom stereocenters. The Morgan fingerprint density at radius 3 is 2.94 bits per heavy atom. The van der Waals surface area contributed by atoms with Gasteiger partial charge in [0.25, 0.3) is 5.91 Å². The highest BCUT2D eigenvalue weighted by Crippen LogP contribution is 2.30. The Hall–Kier alpha value is -2.96. The molecule has 1 amide bonds. The Bertz CT molecular complexity index is 1250. The molecule has 6 rings (SSSR count). The molecule has 0 saturated carbocycles. The number of hydrogen-bond donors (Lipinski definition) is 0. The van der Waals surface area contributed by atoms with Crippen molar-refractivity contribution in [1.82, 2.24) is 19.7 Å². The minimum atomic E-state index is -0.0218. The summed E-state index contributed by atoms with van der Waals surface area (Å²) in [7, 11) is 0. The summed E-state index contributed by atoms with van der Waals surface area (Å²) in [5.41, 5.74) is 4.93. The van der Waals surface area contributed by atoms with Gasteiger partial charge >= 0.3 is 0 Å². The van der Waals surface area contributed by atoms with Crippen LogP contribution >= 0.6 is 11.3 Å². The minimum Gasteiger partial charge on any atom is -0.367 e. The zero-order valence-corrected chi connectivity index (χ0v) is 19.0. The third-order valence-electron chi connectivity index (χ3n) is 6.80. The first-order valence-corrected chi connectivity index (χ1v) is 12.2. The summed E-state index contributed by atoms with van der Waals surface area (Å²) in [5.74, 6) is -0.0218. The van der Waals surface area contributed by atoms with Gasteiger partial charge in [0.2, 0.25) is 0 Å². The first-order chi connectivity index (χ1) is 15.6. The number of amides is 1. The smallest absolute Gasteiger partial charge is 0.255 e. The molecule has 1 aromatic heterocycles. The van der Waals surface area contributed by atoms with Crippen LogP contribution < -0.4 is 0 Å². The van der Waals surface area contributed by atoms with Crippen molar-refractivity contribution in [2.45, 2.75) is 25.8 Å². The average molecular weight is 443 g/mol. The van der Waals surface area contributed by atoms with E-state index in [0.29, 0.717) is 6.04 Å². The van der Waals surface area contributed by atoms with E-state index in [4.69, 9.17) is 0 Å². The molecule has 2 saturated heterocycles. The molecule has 0 N–H and O–H groups in total. The maximum atomic E-state index is 13.3. The summed E-state index contributed by atoms with van der Waals surface area (Å²) < 4.78 is 1.17. The van der Waals surface area contributed by atoms with Crippen LogP contribution in [0.15, 0.2) is 72.2 Å². The lowest BCUT2D eigenvalue weighted by molar-refractivity contribution is -0.122. The maximum Gasteiger partial charge on any atom is 0.255 e. The molecule has 1 aromatic carbocycles. The van der Waals surface area contributed by atoms with Gasteiger partial charge in [0.15, 0.2) is 0 Å². The molecule has 0 aliphatic carbocycles. The van der Waals surface area contributed by atoms with Crippen molar-refractivity contribution in [1.29, 1.82) is 0 Å². The fourth-order valence-corrected chi connectivity index (χ4v) is 5.95. The highest BCUT2D eigenvalue weighted by Gasteiger charge is 2.32. The lowest BCUT2D eigenvalue weighted by atomic mass is 10.0. The fraction of sp³-hybridized carbons (Fsp3) is 0.308. The largest absolute Gasteiger partial charge is 0.367 e. The third-order valence-corrected chi connectivity index (χ3v) is 7.76. The van der Waals surface area contributed by atoms with Gasteiger partial charge in [-0.25, -0.2) is 4.98 Å². The number of aryl methyl sites for hydroxylation is 1. The molecule has 2 aromatic rings. The molecule has 162 valence electrons. The predicted molar refractivity (Wildman–Crippen MR) is 130 cm³/mol. The van der Waals surface area contributed by atoms with Crippen molar-refractivity contribution in [2.24, 2.45) is 0 Å². The molecular formula is C26H26N4OS.